The maximum atomic E-state index is 12.8. The minimum absolute atomic E-state index is 0.110. The van der Waals surface area contributed by atoms with Gasteiger partial charge in [-0.1, -0.05) is 78.9 Å². The van der Waals surface area contributed by atoms with E-state index in [4.69, 9.17) is 0 Å². The molecule has 0 fully saturated rings. The zero-order chi connectivity index (χ0) is 20.4. The van der Waals surface area contributed by atoms with E-state index in [1.807, 2.05) is 48.5 Å². The van der Waals surface area contributed by atoms with Crippen molar-refractivity contribution in [3.63, 3.8) is 0 Å². The minimum Gasteiger partial charge on any atom is -0.480 e. The van der Waals surface area contributed by atoms with E-state index in [2.05, 4.69) is 5.32 Å². The smallest absolute Gasteiger partial charge is 0.329 e. The lowest BCUT2D eigenvalue weighted by atomic mass is 9.93. The number of fused-ring (bicyclic) bond motifs is 3. The van der Waals surface area contributed by atoms with Gasteiger partial charge < -0.3 is 15.5 Å². The van der Waals surface area contributed by atoms with Crippen LogP contribution in [0.1, 0.15) is 35.1 Å². The van der Waals surface area contributed by atoms with Crippen LogP contribution in [0.2, 0.25) is 0 Å². The minimum atomic E-state index is -1.42. The molecule has 0 saturated heterocycles. The molecule has 3 N–H and O–H groups in total. The van der Waals surface area contributed by atoms with Crippen molar-refractivity contribution in [1.29, 1.82) is 0 Å². The van der Waals surface area contributed by atoms with E-state index >= 15 is 0 Å². The van der Waals surface area contributed by atoms with Crippen LogP contribution >= 0.6 is 0 Å². The zero-order valence-electron chi connectivity index (χ0n) is 15.7. The van der Waals surface area contributed by atoms with Crippen molar-refractivity contribution in [1.82, 2.24) is 5.32 Å². The largest absolute Gasteiger partial charge is 0.480 e. The van der Waals surface area contributed by atoms with Crippen LogP contribution in [0.4, 0.5) is 0 Å². The van der Waals surface area contributed by atoms with Gasteiger partial charge in [0, 0.05) is 12.3 Å². The van der Waals surface area contributed by atoms with Crippen LogP contribution in [0.3, 0.4) is 0 Å². The van der Waals surface area contributed by atoms with Gasteiger partial charge in [-0.05, 0) is 27.8 Å². The fourth-order valence-corrected chi connectivity index (χ4v) is 4.02. The predicted molar refractivity (Wildman–Crippen MR) is 109 cm³/mol. The summed E-state index contributed by atoms with van der Waals surface area (Å²) in [5, 5.41) is 22.6. The summed E-state index contributed by atoms with van der Waals surface area (Å²) in [4.78, 5) is 24.5. The number of hydrogen-bond donors (Lipinski definition) is 3. The Morgan fingerprint density at radius 3 is 1.90 bits per heavy atom. The molecule has 3 aromatic carbocycles. The van der Waals surface area contributed by atoms with Crippen LogP contribution in [0.25, 0.3) is 11.1 Å². The van der Waals surface area contributed by atoms with Crippen molar-refractivity contribution >= 4 is 11.9 Å². The van der Waals surface area contributed by atoms with E-state index in [1.165, 1.54) is 0 Å². The number of carbonyl (C=O) groups is 2. The summed E-state index contributed by atoms with van der Waals surface area (Å²) in [5.41, 5.74) is 4.75. The van der Waals surface area contributed by atoms with Gasteiger partial charge in [-0.15, -0.1) is 0 Å². The van der Waals surface area contributed by atoms with Crippen LogP contribution in [0, 0.1) is 0 Å². The van der Waals surface area contributed by atoms with Crippen LogP contribution in [-0.4, -0.2) is 28.1 Å². The molecule has 0 radical (unpaired) electrons. The van der Waals surface area contributed by atoms with E-state index in [9.17, 15) is 19.8 Å². The van der Waals surface area contributed by atoms with E-state index in [-0.39, 0.29) is 12.3 Å². The third-order valence-corrected chi connectivity index (χ3v) is 5.39. The number of aliphatic hydroxyl groups excluding tert-OH is 1. The van der Waals surface area contributed by atoms with Crippen molar-refractivity contribution in [3.05, 3.63) is 95.6 Å². The van der Waals surface area contributed by atoms with Gasteiger partial charge in [-0.2, -0.15) is 0 Å². The van der Waals surface area contributed by atoms with Crippen LogP contribution < -0.4 is 5.32 Å². The second kappa shape index (κ2) is 7.89. The SMILES string of the molecule is O=C(CC1c2ccccc2-c2ccccc21)N[C@H](C(=O)O)[C@H](O)c1ccccc1. The molecule has 0 bridgehead atoms. The van der Waals surface area contributed by atoms with Gasteiger partial charge in [0.25, 0.3) is 0 Å². The quantitative estimate of drug-likeness (QED) is 0.604. The lowest BCUT2D eigenvalue weighted by Crippen LogP contribution is -2.45. The topological polar surface area (TPSA) is 86.6 Å². The van der Waals surface area contributed by atoms with Crippen molar-refractivity contribution in [2.24, 2.45) is 0 Å². The molecule has 5 heteroatoms. The van der Waals surface area contributed by atoms with Gasteiger partial charge in [0.2, 0.25) is 5.91 Å². The van der Waals surface area contributed by atoms with Gasteiger partial charge >= 0.3 is 5.97 Å². The Balaban J connectivity index is 1.55. The molecule has 5 nitrogen and oxygen atoms in total. The summed E-state index contributed by atoms with van der Waals surface area (Å²) in [7, 11) is 0. The lowest BCUT2D eigenvalue weighted by molar-refractivity contribution is -0.145. The molecule has 1 aliphatic rings. The fourth-order valence-electron chi connectivity index (χ4n) is 4.02. The van der Waals surface area contributed by atoms with Crippen LogP contribution in [0.15, 0.2) is 78.9 Å². The zero-order valence-corrected chi connectivity index (χ0v) is 15.7. The highest BCUT2D eigenvalue weighted by Crippen LogP contribution is 2.46. The standard InChI is InChI=1S/C24H21NO4/c26-21(25-22(24(28)29)23(27)15-8-2-1-3-9-15)14-20-18-12-6-4-10-16(18)17-11-5-7-13-19(17)20/h1-13,20,22-23,27H,14H2,(H,25,26)(H,28,29)/t22-,23+/m0/s1. The summed E-state index contributed by atoms with van der Waals surface area (Å²) in [6.07, 6.45) is -1.22. The number of carboxylic acids is 1. The second-order valence-electron chi connectivity index (χ2n) is 7.17. The highest BCUT2D eigenvalue weighted by Gasteiger charge is 2.33. The average Bonchev–Trinajstić information content (AvgIpc) is 3.06. The summed E-state index contributed by atoms with van der Waals surface area (Å²) in [5.74, 6) is -1.84. The van der Waals surface area contributed by atoms with Gasteiger partial charge in [0.1, 0.15) is 6.10 Å². The van der Waals surface area contributed by atoms with E-state index in [0.29, 0.717) is 5.56 Å². The Labute approximate surface area is 168 Å². The van der Waals surface area contributed by atoms with Crippen LogP contribution in [-0.2, 0) is 9.59 Å². The normalized spacial score (nSPS) is 14.5. The molecular formula is C24H21NO4. The molecule has 4 rings (SSSR count). The highest BCUT2D eigenvalue weighted by molar-refractivity contribution is 5.87. The molecule has 29 heavy (non-hydrogen) atoms. The first-order valence-corrected chi connectivity index (χ1v) is 9.49. The summed E-state index contributed by atoms with van der Waals surface area (Å²) in [6, 6.07) is 22.9. The number of carbonyl (C=O) groups excluding carboxylic acids is 1. The van der Waals surface area contributed by atoms with Crippen molar-refractivity contribution in [2.75, 3.05) is 0 Å². The van der Waals surface area contributed by atoms with Crippen molar-refractivity contribution < 1.29 is 19.8 Å². The Kier molecular flexibility index (Phi) is 5.14. The molecule has 0 spiro atoms. The Bertz CT molecular complexity index is 1000. The van der Waals surface area contributed by atoms with E-state index in [1.54, 1.807) is 30.3 Å². The number of aliphatic hydroxyl groups is 1. The second-order valence-corrected chi connectivity index (χ2v) is 7.17. The number of aliphatic carboxylic acids is 1. The number of rotatable bonds is 6. The highest BCUT2D eigenvalue weighted by atomic mass is 16.4. The number of amides is 1. The molecule has 0 saturated carbocycles. The number of hydrogen-bond acceptors (Lipinski definition) is 3. The third kappa shape index (κ3) is 3.65. The number of nitrogens with one attached hydrogen (secondary N) is 1. The summed E-state index contributed by atoms with van der Waals surface area (Å²) in [6.45, 7) is 0. The van der Waals surface area contributed by atoms with E-state index in [0.717, 1.165) is 22.3 Å². The molecule has 0 aliphatic heterocycles. The Hall–Kier alpha value is -3.44. The molecule has 1 aliphatic carbocycles. The first-order chi connectivity index (χ1) is 14.1. The monoisotopic (exact) mass is 387 g/mol. The summed E-state index contributed by atoms with van der Waals surface area (Å²) >= 11 is 0. The predicted octanol–water partition coefficient (Wildman–Crippen LogP) is 3.49. The summed E-state index contributed by atoms with van der Waals surface area (Å²) < 4.78 is 0. The molecule has 0 aromatic heterocycles. The molecule has 0 unspecified atom stereocenters. The van der Waals surface area contributed by atoms with Gasteiger partial charge in [0.05, 0.1) is 0 Å². The number of carboxylic acid groups (broad SMARTS) is 1. The Morgan fingerprint density at radius 1 is 0.828 bits per heavy atom. The van der Waals surface area contributed by atoms with Gasteiger partial charge in [-0.3, -0.25) is 4.79 Å². The first-order valence-electron chi connectivity index (χ1n) is 9.49. The average molecular weight is 387 g/mol. The van der Waals surface area contributed by atoms with Crippen molar-refractivity contribution in [2.45, 2.75) is 24.5 Å². The number of benzene rings is 3. The van der Waals surface area contributed by atoms with Gasteiger partial charge in [0.15, 0.2) is 6.04 Å². The molecule has 3 aromatic rings. The molecule has 146 valence electrons. The van der Waals surface area contributed by atoms with Crippen molar-refractivity contribution in [3.8, 4) is 11.1 Å². The first kappa shape index (κ1) is 18.9. The maximum Gasteiger partial charge on any atom is 0.329 e. The molecule has 0 heterocycles. The fraction of sp³-hybridized carbons (Fsp3) is 0.167. The molecule has 1 amide bonds. The molecule has 2 atom stereocenters. The van der Waals surface area contributed by atoms with Crippen LogP contribution in [0.5, 0.6) is 0 Å². The van der Waals surface area contributed by atoms with E-state index < -0.39 is 24.0 Å². The lowest BCUT2D eigenvalue weighted by Gasteiger charge is -2.22. The Morgan fingerprint density at radius 2 is 1.34 bits per heavy atom. The third-order valence-electron chi connectivity index (χ3n) is 5.39. The van der Waals surface area contributed by atoms with Gasteiger partial charge in [-0.25, -0.2) is 4.79 Å². The molecular weight excluding hydrogens is 366 g/mol. The maximum absolute atomic E-state index is 12.8.